The third-order valence-electron chi connectivity index (χ3n) is 4.22. The van der Waals surface area contributed by atoms with Crippen LogP contribution in [-0.2, 0) is 0 Å². The van der Waals surface area contributed by atoms with Crippen LogP contribution in [0.25, 0.3) is 0 Å². The molecule has 7 nitrogen and oxygen atoms in total. The summed E-state index contributed by atoms with van der Waals surface area (Å²) < 4.78 is 10.5. The number of fused-ring (bicyclic) bond motifs is 1. The third-order valence-corrected chi connectivity index (χ3v) is 4.22. The number of carbonyl (C=O) groups excluding carboxylic acids is 1. The summed E-state index contributed by atoms with van der Waals surface area (Å²) in [6, 6.07) is 5.71. The van der Waals surface area contributed by atoms with Gasteiger partial charge in [0.1, 0.15) is 11.5 Å². The average Bonchev–Trinajstić information content (AvgIpc) is 3.26. The maximum Gasteiger partial charge on any atom is 0.275 e. The number of nitrogens with zero attached hydrogens (tertiary/aromatic N) is 2. The minimum Gasteiger partial charge on any atom is -0.454 e. The van der Waals surface area contributed by atoms with E-state index < -0.39 is 0 Å². The minimum absolute atomic E-state index is 0.202. The second-order valence-electron chi connectivity index (χ2n) is 5.93. The van der Waals surface area contributed by atoms with E-state index in [0.717, 1.165) is 12.8 Å². The number of benzene rings is 1. The van der Waals surface area contributed by atoms with Gasteiger partial charge in [-0.15, -0.1) is 0 Å². The number of amides is 1. The molecule has 2 aromatic rings. The van der Waals surface area contributed by atoms with Crippen LogP contribution in [0.1, 0.15) is 36.2 Å². The molecule has 1 fully saturated rings. The summed E-state index contributed by atoms with van der Waals surface area (Å²) in [6.45, 7) is 0.202. The van der Waals surface area contributed by atoms with E-state index in [1.165, 1.54) is 19.0 Å². The zero-order valence-electron chi connectivity index (χ0n) is 13.1. The van der Waals surface area contributed by atoms with Gasteiger partial charge in [-0.05, 0) is 25.0 Å². The van der Waals surface area contributed by atoms with E-state index in [-0.39, 0.29) is 18.4 Å². The summed E-state index contributed by atoms with van der Waals surface area (Å²) in [5, 5.41) is 6.13. The van der Waals surface area contributed by atoms with Gasteiger partial charge in [0.2, 0.25) is 6.79 Å². The van der Waals surface area contributed by atoms with Gasteiger partial charge in [0.25, 0.3) is 5.91 Å². The van der Waals surface area contributed by atoms with Gasteiger partial charge in [0.15, 0.2) is 11.5 Å². The molecule has 1 aromatic carbocycles. The van der Waals surface area contributed by atoms with Crippen molar-refractivity contribution < 1.29 is 14.3 Å². The van der Waals surface area contributed by atoms with Crippen molar-refractivity contribution in [3.8, 4) is 11.5 Å². The van der Waals surface area contributed by atoms with Crippen LogP contribution in [0.15, 0.2) is 30.6 Å². The van der Waals surface area contributed by atoms with Crippen molar-refractivity contribution in [2.75, 3.05) is 17.4 Å². The Morgan fingerprint density at radius 2 is 1.92 bits per heavy atom. The number of aromatic nitrogens is 2. The van der Waals surface area contributed by atoms with Crippen molar-refractivity contribution in [2.24, 2.45) is 0 Å². The number of hydrogen-bond acceptors (Lipinski definition) is 6. The predicted octanol–water partition coefficient (Wildman–Crippen LogP) is 2.81. The molecule has 2 aliphatic rings. The largest absolute Gasteiger partial charge is 0.454 e. The first-order valence-electron chi connectivity index (χ1n) is 8.07. The quantitative estimate of drug-likeness (QED) is 0.898. The summed E-state index contributed by atoms with van der Waals surface area (Å²) in [6.07, 6.45) is 7.91. The first-order chi connectivity index (χ1) is 11.8. The third kappa shape index (κ3) is 3.10. The van der Waals surface area contributed by atoms with E-state index in [4.69, 9.17) is 9.47 Å². The fourth-order valence-corrected chi connectivity index (χ4v) is 2.97. The Kier molecular flexibility index (Phi) is 3.90. The smallest absolute Gasteiger partial charge is 0.275 e. The average molecular weight is 326 g/mol. The molecular weight excluding hydrogens is 308 g/mol. The minimum atomic E-state index is -0.311. The zero-order chi connectivity index (χ0) is 16.4. The second-order valence-corrected chi connectivity index (χ2v) is 5.93. The Labute approximate surface area is 139 Å². The van der Waals surface area contributed by atoms with Crippen LogP contribution >= 0.6 is 0 Å². The fourth-order valence-electron chi connectivity index (χ4n) is 2.97. The molecule has 1 aliphatic carbocycles. The van der Waals surface area contributed by atoms with Crippen LogP contribution in [0, 0.1) is 0 Å². The van der Waals surface area contributed by atoms with E-state index in [9.17, 15) is 4.79 Å². The summed E-state index contributed by atoms with van der Waals surface area (Å²) in [4.78, 5) is 20.7. The molecule has 1 aromatic heterocycles. The second kappa shape index (κ2) is 6.35. The van der Waals surface area contributed by atoms with Crippen LogP contribution < -0.4 is 20.1 Å². The predicted molar refractivity (Wildman–Crippen MR) is 88.4 cm³/mol. The maximum absolute atomic E-state index is 12.3. The molecule has 0 radical (unpaired) electrons. The summed E-state index contributed by atoms with van der Waals surface area (Å²) in [5.74, 6) is 1.69. The normalized spacial score (nSPS) is 16.2. The topological polar surface area (TPSA) is 85.4 Å². The van der Waals surface area contributed by atoms with Crippen molar-refractivity contribution >= 4 is 17.4 Å². The Bertz CT molecular complexity index is 742. The van der Waals surface area contributed by atoms with E-state index >= 15 is 0 Å². The number of anilines is 2. The van der Waals surface area contributed by atoms with Gasteiger partial charge in [-0.25, -0.2) is 9.97 Å². The molecule has 1 saturated carbocycles. The molecule has 0 atom stereocenters. The van der Waals surface area contributed by atoms with Crippen LogP contribution in [0.5, 0.6) is 11.5 Å². The summed E-state index contributed by atoms with van der Waals surface area (Å²) >= 11 is 0. The lowest BCUT2D eigenvalue weighted by atomic mass is 10.2. The number of rotatable bonds is 4. The molecule has 1 amide bonds. The molecule has 2 heterocycles. The molecule has 7 heteroatoms. The first-order valence-corrected chi connectivity index (χ1v) is 8.07. The Balaban J connectivity index is 1.40. The van der Waals surface area contributed by atoms with Crippen LogP contribution in [0.3, 0.4) is 0 Å². The van der Waals surface area contributed by atoms with Gasteiger partial charge in [0, 0.05) is 17.8 Å². The zero-order valence-corrected chi connectivity index (χ0v) is 13.1. The molecule has 4 rings (SSSR count). The fraction of sp³-hybridized carbons (Fsp3) is 0.353. The standard InChI is InChI=1S/C17H18N4O3/c22-17(21-12-5-6-14-15(7-12)24-10-23-14)13-8-19-16(9-18-13)20-11-3-1-2-4-11/h5-9,11H,1-4,10H2,(H,19,20)(H,21,22). The van der Waals surface area contributed by atoms with Crippen molar-refractivity contribution in [2.45, 2.75) is 31.7 Å². The lowest BCUT2D eigenvalue weighted by Crippen LogP contribution is -2.17. The van der Waals surface area contributed by atoms with E-state index in [2.05, 4.69) is 20.6 Å². The van der Waals surface area contributed by atoms with Gasteiger partial charge in [0.05, 0.1) is 12.4 Å². The molecule has 0 saturated heterocycles. The highest BCUT2D eigenvalue weighted by Gasteiger charge is 2.17. The first kappa shape index (κ1) is 14.7. The lowest BCUT2D eigenvalue weighted by Gasteiger charge is -2.12. The molecule has 0 unspecified atom stereocenters. The highest BCUT2D eigenvalue weighted by atomic mass is 16.7. The lowest BCUT2D eigenvalue weighted by molar-refractivity contribution is 0.102. The van der Waals surface area contributed by atoms with Crippen LogP contribution in [0.4, 0.5) is 11.5 Å². The van der Waals surface area contributed by atoms with Crippen molar-refractivity contribution in [3.05, 3.63) is 36.3 Å². The number of ether oxygens (including phenoxy) is 2. The highest BCUT2D eigenvalue weighted by molar-refractivity contribution is 6.02. The highest BCUT2D eigenvalue weighted by Crippen LogP contribution is 2.34. The van der Waals surface area contributed by atoms with Gasteiger partial charge in [-0.3, -0.25) is 4.79 Å². The summed E-state index contributed by atoms with van der Waals surface area (Å²) in [7, 11) is 0. The van der Waals surface area contributed by atoms with Gasteiger partial charge in [-0.1, -0.05) is 12.8 Å². The van der Waals surface area contributed by atoms with Crippen LogP contribution in [0.2, 0.25) is 0 Å². The van der Waals surface area contributed by atoms with Crippen molar-refractivity contribution in [1.29, 1.82) is 0 Å². The van der Waals surface area contributed by atoms with Crippen molar-refractivity contribution in [1.82, 2.24) is 9.97 Å². The van der Waals surface area contributed by atoms with Gasteiger partial charge >= 0.3 is 0 Å². The summed E-state index contributed by atoms with van der Waals surface area (Å²) in [5.41, 5.74) is 0.892. The monoisotopic (exact) mass is 326 g/mol. The van der Waals surface area contributed by atoms with Gasteiger partial charge in [-0.2, -0.15) is 0 Å². The van der Waals surface area contributed by atoms with E-state index in [0.29, 0.717) is 29.0 Å². The molecule has 1 aliphatic heterocycles. The van der Waals surface area contributed by atoms with E-state index in [1.807, 2.05) is 0 Å². The molecular formula is C17H18N4O3. The van der Waals surface area contributed by atoms with Crippen LogP contribution in [-0.4, -0.2) is 28.7 Å². The molecule has 0 spiro atoms. The SMILES string of the molecule is O=C(Nc1ccc2c(c1)OCO2)c1cnc(NC2CCCC2)cn1. The Morgan fingerprint density at radius 1 is 1.08 bits per heavy atom. The molecule has 0 bridgehead atoms. The Morgan fingerprint density at radius 3 is 2.71 bits per heavy atom. The molecule has 124 valence electrons. The van der Waals surface area contributed by atoms with Crippen molar-refractivity contribution in [3.63, 3.8) is 0 Å². The van der Waals surface area contributed by atoms with E-state index in [1.54, 1.807) is 24.4 Å². The van der Waals surface area contributed by atoms with Gasteiger partial charge < -0.3 is 20.1 Å². The number of nitrogens with one attached hydrogen (secondary N) is 2. The molecule has 2 N–H and O–H groups in total. The number of hydrogen-bond donors (Lipinski definition) is 2. The Hall–Kier alpha value is -2.83. The molecule has 24 heavy (non-hydrogen) atoms. The maximum atomic E-state index is 12.3. The number of carbonyl (C=O) groups is 1.